The Morgan fingerprint density at radius 1 is 1.17 bits per heavy atom. The van der Waals surface area contributed by atoms with Crippen LogP contribution in [0, 0.1) is 17.0 Å². The number of nitrogens with one attached hydrogen (secondary N) is 1. The normalized spacial score (nSPS) is 13.4. The molecule has 0 bridgehead atoms. The van der Waals surface area contributed by atoms with Gasteiger partial charge in [-0.3, -0.25) is 19.7 Å². The highest BCUT2D eigenvalue weighted by atomic mass is 16.6. The SMILES string of the molecule is Cc1c(NC(=O)COC(=O)C2=NN(c3ccccc3)C(=O)CC2)cccc1[N+](=O)[O-]. The van der Waals surface area contributed by atoms with Crippen LogP contribution in [-0.2, 0) is 19.1 Å². The number of nitro benzene ring substituents is 1. The molecule has 3 rings (SSSR count). The number of para-hydroxylation sites is 1. The summed E-state index contributed by atoms with van der Waals surface area (Å²) in [4.78, 5) is 46.9. The fourth-order valence-electron chi connectivity index (χ4n) is 2.83. The minimum atomic E-state index is -0.811. The van der Waals surface area contributed by atoms with Crippen LogP contribution < -0.4 is 10.3 Å². The van der Waals surface area contributed by atoms with Crippen molar-refractivity contribution in [2.45, 2.75) is 19.8 Å². The zero-order chi connectivity index (χ0) is 21.7. The van der Waals surface area contributed by atoms with E-state index in [1.54, 1.807) is 30.3 Å². The van der Waals surface area contributed by atoms with E-state index in [-0.39, 0.29) is 41.4 Å². The van der Waals surface area contributed by atoms with E-state index in [9.17, 15) is 24.5 Å². The zero-order valence-corrected chi connectivity index (χ0v) is 16.0. The Kier molecular flexibility index (Phi) is 6.16. The van der Waals surface area contributed by atoms with Crippen LogP contribution in [0.15, 0.2) is 53.6 Å². The molecule has 0 unspecified atom stereocenters. The Bertz CT molecular complexity index is 1030. The number of nitro groups is 1. The van der Waals surface area contributed by atoms with Gasteiger partial charge in [0.05, 0.1) is 21.9 Å². The minimum absolute atomic E-state index is 0.0257. The largest absolute Gasteiger partial charge is 0.451 e. The van der Waals surface area contributed by atoms with Crippen molar-refractivity contribution < 1.29 is 24.0 Å². The lowest BCUT2D eigenvalue weighted by Gasteiger charge is -2.22. The molecule has 0 radical (unpaired) electrons. The maximum Gasteiger partial charge on any atom is 0.355 e. The second-order valence-electron chi connectivity index (χ2n) is 6.42. The van der Waals surface area contributed by atoms with Gasteiger partial charge in [-0.25, -0.2) is 9.80 Å². The van der Waals surface area contributed by atoms with Crippen LogP contribution in [0.4, 0.5) is 17.1 Å². The Labute approximate surface area is 171 Å². The number of anilines is 2. The number of hydrogen-bond donors (Lipinski definition) is 1. The van der Waals surface area contributed by atoms with Crippen LogP contribution in [0.3, 0.4) is 0 Å². The number of hydrogen-bond acceptors (Lipinski definition) is 7. The molecule has 1 aliphatic rings. The van der Waals surface area contributed by atoms with Gasteiger partial charge in [-0.05, 0) is 25.1 Å². The first-order valence-corrected chi connectivity index (χ1v) is 9.03. The highest BCUT2D eigenvalue weighted by molar-refractivity contribution is 6.38. The molecule has 10 heteroatoms. The maximum atomic E-state index is 12.3. The Balaban J connectivity index is 1.63. The van der Waals surface area contributed by atoms with Gasteiger partial charge in [0.15, 0.2) is 6.61 Å². The third-order valence-corrected chi connectivity index (χ3v) is 4.38. The lowest BCUT2D eigenvalue weighted by molar-refractivity contribution is -0.385. The zero-order valence-electron chi connectivity index (χ0n) is 16.0. The summed E-state index contributed by atoms with van der Waals surface area (Å²) in [5.74, 6) is -1.72. The third kappa shape index (κ3) is 4.66. The van der Waals surface area contributed by atoms with Crippen molar-refractivity contribution in [1.82, 2.24) is 0 Å². The van der Waals surface area contributed by atoms with E-state index >= 15 is 0 Å². The first-order valence-electron chi connectivity index (χ1n) is 9.03. The van der Waals surface area contributed by atoms with Crippen molar-refractivity contribution in [2.24, 2.45) is 5.10 Å². The molecule has 2 amide bonds. The number of carbonyl (C=O) groups excluding carboxylic acids is 3. The Morgan fingerprint density at radius 3 is 2.60 bits per heavy atom. The number of rotatable bonds is 6. The van der Waals surface area contributed by atoms with E-state index in [0.29, 0.717) is 5.69 Å². The number of nitrogens with zero attached hydrogens (tertiary/aromatic N) is 3. The first kappa shape index (κ1) is 20.6. The van der Waals surface area contributed by atoms with Crippen LogP contribution in [0.2, 0.25) is 0 Å². The van der Waals surface area contributed by atoms with Gasteiger partial charge in [-0.2, -0.15) is 5.10 Å². The van der Waals surface area contributed by atoms with E-state index in [1.807, 2.05) is 0 Å². The molecule has 0 saturated carbocycles. The van der Waals surface area contributed by atoms with Crippen LogP contribution in [0.25, 0.3) is 0 Å². The third-order valence-electron chi connectivity index (χ3n) is 4.38. The average molecular weight is 410 g/mol. The summed E-state index contributed by atoms with van der Waals surface area (Å²) in [6.07, 6.45) is 0.189. The summed E-state index contributed by atoms with van der Waals surface area (Å²) in [6.45, 7) is 0.908. The van der Waals surface area contributed by atoms with E-state index in [0.717, 1.165) is 5.01 Å². The van der Waals surface area contributed by atoms with Crippen molar-refractivity contribution in [3.05, 3.63) is 64.2 Å². The molecule has 0 aromatic heterocycles. The molecule has 2 aromatic rings. The summed E-state index contributed by atoms with van der Waals surface area (Å²) in [5, 5.41) is 18.7. The molecule has 1 N–H and O–H groups in total. The molecule has 1 aliphatic heterocycles. The molecule has 1 heterocycles. The van der Waals surface area contributed by atoms with E-state index in [4.69, 9.17) is 4.74 Å². The van der Waals surface area contributed by atoms with Gasteiger partial charge in [0.1, 0.15) is 5.71 Å². The maximum absolute atomic E-state index is 12.3. The number of ether oxygens (including phenoxy) is 1. The van der Waals surface area contributed by atoms with Crippen molar-refractivity contribution in [2.75, 3.05) is 16.9 Å². The fraction of sp³-hybridized carbons (Fsp3) is 0.200. The average Bonchev–Trinajstić information content (AvgIpc) is 2.74. The van der Waals surface area contributed by atoms with Crippen LogP contribution >= 0.6 is 0 Å². The lowest BCUT2D eigenvalue weighted by atomic mass is 10.1. The molecule has 0 spiro atoms. The highest BCUT2D eigenvalue weighted by Crippen LogP contribution is 2.25. The van der Waals surface area contributed by atoms with Gasteiger partial charge in [-0.15, -0.1) is 0 Å². The predicted octanol–water partition coefficient (Wildman–Crippen LogP) is 2.57. The molecule has 10 nitrogen and oxygen atoms in total. The lowest BCUT2D eigenvalue weighted by Crippen LogP contribution is -2.35. The number of carbonyl (C=O) groups is 3. The molecule has 2 aromatic carbocycles. The predicted molar refractivity (Wildman–Crippen MR) is 108 cm³/mol. The van der Waals surface area contributed by atoms with Gasteiger partial charge in [-0.1, -0.05) is 24.3 Å². The molecule has 0 atom stereocenters. The molecule has 0 fully saturated rings. The summed E-state index contributed by atoms with van der Waals surface area (Å²) in [6, 6.07) is 12.9. The smallest absolute Gasteiger partial charge is 0.355 e. The van der Waals surface area contributed by atoms with Gasteiger partial charge in [0.2, 0.25) is 5.91 Å². The molecule has 30 heavy (non-hydrogen) atoms. The molecule has 0 aliphatic carbocycles. The summed E-state index contributed by atoms with van der Waals surface area (Å²) < 4.78 is 5.00. The van der Waals surface area contributed by atoms with Crippen LogP contribution in [0.1, 0.15) is 18.4 Å². The number of esters is 1. The standard InChI is InChI=1S/C20H18N4O6/c1-13-15(8-5-9-17(13)24(28)29)21-18(25)12-30-20(27)16-10-11-19(26)23(22-16)14-6-3-2-4-7-14/h2-9H,10-12H2,1H3,(H,21,25). The van der Waals surface area contributed by atoms with Crippen molar-refractivity contribution >= 4 is 40.6 Å². The number of amides is 2. The Morgan fingerprint density at radius 2 is 1.90 bits per heavy atom. The van der Waals surface area contributed by atoms with E-state index in [1.165, 1.54) is 25.1 Å². The van der Waals surface area contributed by atoms with Crippen LogP contribution in [0.5, 0.6) is 0 Å². The van der Waals surface area contributed by atoms with Crippen molar-refractivity contribution in [1.29, 1.82) is 0 Å². The summed E-state index contributed by atoms with van der Waals surface area (Å²) in [5.41, 5.74) is 0.952. The van der Waals surface area contributed by atoms with Gasteiger partial charge in [0.25, 0.3) is 11.6 Å². The highest BCUT2D eigenvalue weighted by Gasteiger charge is 2.27. The minimum Gasteiger partial charge on any atom is -0.451 e. The number of benzene rings is 2. The topological polar surface area (TPSA) is 131 Å². The quantitative estimate of drug-likeness (QED) is 0.442. The fourth-order valence-corrected chi connectivity index (χ4v) is 2.83. The van der Waals surface area contributed by atoms with Gasteiger partial charge >= 0.3 is 5.97 Å². The molecule has 0 saturated heterocycles. The summed E-state index contributed by atoms with van der Waals surface area (Å²) >= 11 is 0. The summed E-state index contributed by atoms with van der Waals surface area (Å²) in [7, 11) is 0. The second-order valence-corrected chi connectivity index (χ2v) is 6.42. The van der Waals surface area contributed by atoms with E-state index in [2.05, 4.69) is 10.4 Å². The molecular weight excluding hydrogens is 392 g/mol. The first-order chi connectivity index (χ1) is 14.4. The van der Waals surface area contributed by atoms with Crippen molar-refractivity contribution in [3.8, 4) is 0 Å². The molecule has 154 valence electrons. The van der Waals surface area contributed by atoms with E-state index < -0.39 is 23.4 Å². The number of hydrazone groups is 1. The second kappa shape index (κ2) is 8.95. The molecular formula is C20H18N4O6. The van der Waals surface area contributed by atoms with Gasteiger partial charge in [0, 0.05) is 18.9 Å². The monoisotopic (exact) mass is 410 g/mol. The Hall–Kier alpha value is -4.08. The van der Waals surface area contributed by atoms with Crippen LogP contribution in [-0.4, -0.2) is 35.0 Å². The van der Waals surface area contributed by atoms with Gasteiger partial charge < -0.3 is 10.1 Å². The van der Waals surface area contributed by atoms with Crippen molar-refractivity contribution in [3.63, 3.8) is 0 Å².